The van der Waals surface area contributed by atoms with Crippen LogP contribution in [0.15, 0.2) is 25.3 Å². The van der Waals surface area contributed by atoms with E-state index in [4.69, 9.17) is 0 Å². The van der Waals surface area contributed by atoms with Crippen LogP contribution in [0, 0.1) is 0 Å². The van der Waals surface area contributed by atoms with Gasteiger partial charge < -0.3 is 5.32 Å². The Bertz CT molecular complexity index is 215. The Kier molecular flexibility index (Phi) is 3.25. The molecule has 1 saturated heterocycles. The molecule has 0 saturated carbocycles. The molecule has 1 aliphatic heterocycles. The molecule has 13 heavy (non-hydrogen) atoms. The van der Waals surface area contributed by atoms with E-state index >= 15 is 0 Å². The van der Waals surface area contributed by atoms with Crippen LogP contribution in [-0.2, 0) is 4.79 Å². The molecule has 1 fully saturated rings. The second-order valence-corrected chi connectivity index (χ2v) is 3.27. The zero-order chi connectivity index (χ0) is 9.84. The predicted molar refractivity (Wildman–Crippen MR) is 53.4 cm³/mol. The predicted octanol–water partition coefficient (Wildman–Crippen LogP) is 0.547. The van der Waals surface area contributed by atoms with E-state index < -0.39 is 0 Å². The summed E-state index contributed by atoms with van der Waals surface area (Å²) < 4.78 is 0. The van der Waals surface area contributed by atoms with Crippen LogP contribution in [-0.4, -0.2) is 36.0 Å². The lowest BCUT2D eigenvalue weighted by atomic mass is 9.99. The summed E-state index contributed by atoms with van der Waals surface area (Å²) in [5.41, 5.74) is 0. The van der Waals surface area contributed by atoms with Crippen LogP contribution in [0.1, 0.15) is 6.92 Å². The first kappa shape index (κ1) is 9.99. The van der Waals surface area contributed by atoms with E-state index in [1.54, 1.807) is 0 Å². The Balaban J connectivity index is 2.57. The molecule has 1 N–H and O–H groups in total. The van der Waals surface area contributed by atoms with Gasteiger partial charge in [0.2, 0.25) is 5.91 Å². The minimum absolute atomic E-state index is 0.00370. The van der Waals surface area contributed by atoms with Crippen LogP contribution in [0.25, 0.3) is 0 Å². The third kappa shape index (κ3) is 1.98. The lowest BCUT2D eigenvalue weighted by Crippen LogP contribution is -2.67. The number of hydrogen-bond acceptors (Lipinski definition) is 2. The lowest BCUT2D eigenvalue weighted by molar-refractivity contribution is -0.136. The second-order valence-electron chi connectivity index (χ2n) is 3.27. The molecule has 3 nitrogen and oxygen atoms in total. The number of rotatable bonds is 5. The van der Waals surface area contributed by atoms with Crippen molar-refractivity contribution in [3.05, 3.63) is 25.3 Å². The summed E-state index contributed by atoms with van der Waals surface area (Å²) in [6, 6.07) is 0.239. The van der Waals surface area contributed by atoms with Gasteiger partial charge in [0, 0.05) is 13.1 Å². The average molecular weight is 180 g/mol. The minimum atomic E-state index is -0.00370. The van der Waals surface area contributed by atoms with Crippen molar-refractivity contribution in [3.8, 4) is 0 Å². The number of amides is 1. The van der Waals surface area contributed by atoms with Crippen molar-refractivity contribution < 1.29 is 4.79 Å². The molecule has 1 rings (SSSR count). The first-order valence-electron chi connectivity index (χ1n) is 4.47. The van der Waals surface area contributed by atoms with Gasteiger partial charge in [0.05, 0.1) is 6.04 Å². The molecule has 0 bridgehead atoms. The molecule has 0 aliphatic carbocycles. The molecule has 1 amide bonds. The number of nitrogens with one attached hydrogen (secondary N) is 1. The maximum atomic E-state index is 11.2. The van der Waals surface area contributed by atoms with Gasteiger partial charge in [0.25, 0.3) is 0 Å². The van der Waals surface area contributed by atoms with Gasteiger partial charge in [-0.2, -0.15) is 0 Å². The highest BCUT2D eigenvalue weighted by atomic mass is 16.2. The second kappa shape index (κ2) is 4.23. The minimum Gasteiger partial charge on any atom is -0.350 e. The fourth-order valence-corrected chi connectivity index (χ4v) is 1.63. The smallest absolute Gasteiger partial charge is 0.239 e. The van der Waals surface area contributed by atoms with Crippen molar-refractivity contribution in [2.75, 3.05) is 13.1 Å². The molecular formula is C10H16N2O. The van der Waals surface area contributed by atoms with E-state index in [1.165, 1.54) is 0 Å². The summed E-state index contributed by atoms with van der Waals surface area (Å²) in [5.74, 6) is 0.108. The number of nitrogens with zero attached hydrogens (tertiary/aromatic N) is 1. The molecule has 2 atom stereocenters. The molecule has 0 unspecified atom stereocenters. The van der Waals surface area contributed by atoms with Gasteiger partial charge in [-0.15, -0.1) is 13.2 Å². The fourth-order valence-electron chi connectivity index (χ4n) is 1.63. The maximum absolute atomic E-state index is 11.2. The van der Waals surface area contributed by atoms with Crippen LogP contribution in [0.4, 0.5) is 0 Å². The summed E-state index contributed by atoms with van der Waals surface area (Å²) in [5, 5.41) is 2.80. The van der Waals surface area contributed by atoms with Gasteiger partial charge in [0.15, 0.2) is 0 Å². The highest BCUT2D eigenvalue weighted by molar-refractivity contribution is 5.89. The van der Waals surface area contributed by atoms with Gasteiger partial charge in [-0.25, -0.2) is 0 Å². The summed E-state index contributed by atoms with van der Waals surface area (Å²) in [6.45, 7) is 10.8. The Morgan fingerprint density at radius 3 is 2.31 bits per heavy atom. The molecule has 0 spiro atoms. The molecule has 1 heterocycles. The molecule has 0 aromatic heterocycles. The number of carbonyl (C=O) groups is 1. The highest BCUT2D eigenvalue weighted by Crippen LogP contribution is 2.13. The quantitative estimate of drug-likeness (QED) is 0.495. The van der Waals surface area contributed by atoms with Crippen LogP contribution < -0.4 is 5.32 Å². The standard InChI is InChI=1S/C10H16N2O/c1-4-6-12(7-5-2)9-8(3)11-10(9)13/h4-5,8-9H,1-2,6-7H2,3H3,(H,11,13)/t8-,9-/m0/s1. The van der Waals surface area contributed by atoms with Crippen molar-refractivity contribution in [1.29, 1.82) is 0 Å². The third-order valence-electron chi connectivity index (χ3n) is 2.23. The Hall–Kier alpha value is -1.09. The van der Waals surface area contributed by atoms with Gasteiger partial charge in [-0.1, -0.05) is 12.2 Å². The third-order valence-corrected chi connectivity index (χ3v) is 2.23. The monoisotopic (exact) mass is 180 g/mol. The largest absolute Gasteiger partial charge is 0.350 e. The maximum Gasteiger partial charge on any atom is 0.239 e. The lowest BCUT2D eigenvalue weighted by Gasteiger charge is -2.41. The SMILES string of the molecule is C=CCN(CC=C)[C@@H]1C(=O)N[C@H]1C. The first-order chi connectivity index (χ1) is 6.20. The van der Waals surface area contributed by atoms with Crippen LogP contribution in [0.5, 0.6) is 0 Å². The zero-order valence-corrected chi connectivity index (χ0v) is 7.99. The van der Waals surface area contributed by atoms with E-state index in [0.29, 0.717) is 0 Å². The topological polar surface area (TPSA) is 32.3 Å². The van der Waals surface area contributed by atoms with E-state index in [1.807, 2.05) is 19.1 Å². The van der Waals surface area contributed by atoms with Crippen molar-refractivity contribution in [1.82, 2.24) is 10.2 Å². The Labute approximate surface area is 79.1 Å². The normalized spacial score (nSPS) is 26.5. The Morgan fingerprint density at radius 1 is 1.46 bits per heavy atom. The number of β-lactam (4-membered cyclic amide) rings is 1. The van der Waals surface area contributed by atoms with E-state index in [9.17, 15) is 4.79 Å². The van der Waals surface area contributed by atoms with Crippen molar-refractivity contribution in [2.24, 2.45) is 0 Å². The fraction of sp³-hybridized carbons (Fsp3) is 0.500. The molecule has 3 heteroatoms. The molecule has 0 aromatic carbocycles. The van der Waals surface area contributed by atoms with Crippen LogP contribution >= 0.6 is 0 Å². The summed E-state index contributed by atoms with van der Waals surface area (Å²) in [6.07, 6.45) is 3.61. The van der Waals surface area contributed by atoms with Gasteiger partial charge >= 0.3 is 0 Å². The molecule has 0 aromatic rings. The van der Waals surface area contributed by atoms with Crippen LogP contribution in [0.3, 0.4) is 0 Å². The van der Waals surface area contributed by atoms with Crippen molar-refractivity contribution in [3.63, 3.8) is 0 Å². The van der Waals surface area contributed by atoms with Gasteiger partial charge in [0.1, 0.15) is 6.04 Å². The van der Waals surface area contributed by atoms with Gasteiger partial charge in [-0.05, 0) is 6.92 Å². The van der Waals surface area contributed by atoms with E-state index in [2.05, 4.69) is 23.4 Å². The summed E-state index contributed by atoms with van der Waals surface area (Å²) in [7, 11) is 0. The zero-order valence-electron chi connectivity index (χ0n) is 7.99. The Morgan fingerprint density at radius 2 is 2.00 bits per heavy atom. The molecule has 1 aliphatic rings. The van der Waals surface area contributed by atoms with E-state index in [-0.39, 0.29) is 18.0 Å². The number of carbonyl (C=O) groups excluding carboxylic acids is 1. The molecular weight excluding hydrogens is 164 g/mol. The number of hydrogen-bond donors (Lipinski definition) is 1. The van der Waals surface area contributed by atoms with Crippen molar-refractivity contribution >= 4 is 5.91 Å². The average Bonchev–Trinajstić information content (AvgIpc) is 2.04. The van der Waals surface area contributed by atoms with Gasteiger partial charge in [-0.3, -0.25) is 9.69 Å². The molecule has 0 radical (unpaired) electrons. The first-order valence-corrected chi connectivity index (χ1v) is 4.47. The van der Waals surface area contributed by atoms with Crippen LogP contribution in [0.2, 0.25) is 0 Å². The van der Waals surface area contributed by atoms with E-state index in [0.717, 1.165) is 13.1 Å². The highest BCUT2D eigenvalue weighted by Gasteiger charge is 2.39. The van der Waals surface area contributed by atoms with Crippen molar-refractivity contribution in [2.45, 2.75) is 19.0 Å². The summed E-state index contributed by atoms with van der Waals surface area (Å²) >= 11 is 0. The molecule has 72 valence electrons. The summed E-state index contributed by atoms with van der Waals surface area (Å²) in [4.78, 5) is 13.3.